The maximum Gasteiger partial charge on any atom is 0.358 e. The van der Waals surface area contributed by atoms with Crippen LogP contribution in [-0.2, 0) is 17.3 Å². The van der Waals surface area contributed by atoms with Gasteiger partial charge in [0.25, 0.3) is 0 Å². The lowest BCUT2D eigenvalue weighted by atomic mass is 10.2. The molecule has 0 saturated heterocycles. The van der Waals surface area contributed by atoms with Gasteiger partial charge in [-0.2, -0.15) is 0 Å². The van der Waals surface area contributed by atoms with E-state index >= 15 is 0 Å². The quantitative estimate of drug-likeness (QED) is 0.746. The molecule has 0 saturated carbocycles. The topological polar surface area (TPSA) is 92.4 Å². The number of nitrogens with one attached hydrogen (secondary N) is 1. The van der Waals surface area contributed by atoms with Crippen LogP contribution in [0.25, 0.3) is 0 Å². The number of carbonyl (C=O) groups is 1. The van der Waals surface area contributed by atoms with Gasteiger partial charge >= 0.3 is 5.97 Å². The van der Waals surface area contributed by atoms with E-state index in [0.29, 0.717) is 18.1 Å². The number of rotatable bonds is 7. The summed E-state index contributed by atoms with van der Waals surface area (Å²) in [5.74, 6) is 0.0200. The highest BCUT2D eigenvalue weighted by Gasteiger charge is 2.11. The third kappa shape index (κ3) is 5.10. The second kappa shape index (κ2) is 6.51. The third-order valence-corrected chi connectivity index (χ3v) is 3.05. The van der Waals surface area contributed by atoms with Crippen molar-refractivity contribution in [1.29, 1.82) is 0 Å². The number of hydrogen-bond acceptors (Lipinski definition) is 5. The van der Waals surface area contributed by atoms with Crippen molar-refractivity contribution >= 4 is 16.8 Å². The molecule has 2 N–H and O–H groups in total. The van der Waals surface area contributed by atoms with Crippen LogP contribution < -0.4 is 5.32 Å². The standard InChI is InChI=1S/C10H16N2O4S/c1-7(3-4-17(2)15)11-6-8-5-9(10(13)14)12-16-8/h5,7,11H,3-4,6H2,1-2H3,(H,13,14). The van der Waals surface area contributed by atoms with Crippen LogP contribution in [0.2, 0.25) is 0 Å². The molecule has 1 aromatic rings. The summed E-state index contributed by atoms with van der Waals surface area (Å²) >= 11 is 0. The van der Waals surface area contributed by atoms with Crippen LogP contribution in [0.15, 0.2) is 10.6 Å². The molecule has 0 fully saturated rings. The molecule has 0 amide bonds. The molecule has 96 valence electrons. The number of hydrogen-bond donors (Lipinski definition) is 2. The van der Waals surface area contributed by atoms with Crippen LogP contribution in [0.3, 0.4) is 0 Å². The summed E-state index contributed by atoms with van der Waals surface area (Å²) in [6.45, 7) is 2.39. The average Bonchev–Trinajstić information content (AvgIpc) is 2.72. The minimum atomic E-state index is -1.10. The third-order valence-electron chi connectivity index (χ3n) is 2.24. The van der Waals surface area contributed by atoms with Crippen molar-refractivity contribution in [3.8, 4) is 0 Å². The molecule has 1 heterocycles. The molecule has 1 rings (SSSR count). The van der Waals surface area contributed by atoms with Crippen LogP contribution >= 0.6 is 0 Å². The maximum atomic E-state index is 10.9. The van der Waals surface area contributed by atoms with Crippen LogP contribution in [-0.4, -0.2) is 38.5 Å². The highest BCUT2D eigenvalue weighted by molar-refractivity contribution is 7.84. The fourth-order valence-corrected chi connectivity index (χ4v) is 1.90. The second-order valence-electron chi connectivity index (χ2n) is 3.83. The Kier molecular flexibility index (Phi) is 5.30. The number of nitrogens with zero attached hydrogens (tertiary/aromatic N) is 1. The summed E-state index contributed by atoms with van der Waals surface area (Å²) in [4.78, 5) is 10.6. The second-order valence-corrected chi connectivity index (χ2v) is 5.39. The SMILES string of the molecule is CC(CCS(C)=O)NCc1cc(C(=O)O)no1. The molecule has 2 unspecified atom stereocenters. The molecule has 0 spiro atoms. The Morgan fingerprint density at radius 2 is 2.41 bits per heavy atom. The number of aromatic carboxylic acids is 1. The number of carboxylic acid groups (broad SMARTS) is 1. The molecule has 0 radical (unpaired) electrons. The van der Waals surface area contributed by atoms with Gasteiger partial charge in [-0.25, -0.2) is 4.79 Å². The molecule has 0 aliphatic carbocycles. The zero-order valence-electron chi connectivity index (χ0n) is 9.80. The lowest BCUT2D eigenvalue weighted by Crippen LogP contribution is -2.26. The average molecular weight is 260 g/mol. The van der Waals surface area contributed by atoms with E-state index in [1.54, 1.807) is 6.26 Å². The Hall–Kier alpha value is -1.21. The highest BCUT2D eigenvalue weighted by Crippen LogP contribution is 2.04. The summed E-state index contributed by atoms with van der Waals surface area (Å²) in [5, 5.41) is 15.2. The maximum absolute atomic E-state index is 10.9. The fourth-order valence-electron chi connectivity index (χ4n) is 1.22. The molecular formula is C10H16N2O4S. The predicted octanol–water partition coefficient (Wildman–Crippen LogP) is 0.619. The summed E-state index contributed by atoms with van der Waals surface area (Å²) in [6, 6.07) is 1.58. The van der Waals surface area contributed by atoms with Crippen LogP contribution in [0.1, 0.15) is 29.6 Å². The first-order chi connectivity index (χ1) is 7.99. The van der Waals surface area contributed by atoms with Crippen molar-refractivity contribution in [1.82, 2.24) is 10.5 Å². The van der Waals surface area contributed by atoms with E-state index in [0.717, 1.165) is 6.42 Å². The largest absolute Gasteiger partial charge is 0.476 e. The van der Waals surface area contributed by atoms with Crippen LogP contribution in [0, 0.1) is 0 Å². The Morgan fingerprint density at radius 3 is 2.94 bits per heavy atom. The van der Waals surface area contributed by atoms with Crippen molar-refractivity contribution in [3.63, 3.8) is 0 Å². The van der Waals surface area contributed by atoms with Gasteiger partial charge in [0, 0.05) is 34.9 Å². The van der Waals surface area contributed by atoms with Gasteiger partial charge in [0.15, 0.2) is 11.5 Å². The normalized spacial score (nSPS) is 14.5. The van der Waals surface area contributed by atoms with Crippen molar-refractivity contribution in [3.05, 3.63) is 17.5 Å². The molecule has 7 heteroatoms. The van der Waals surface area contributed by atoms with E-state index in [-0.39, 0.29) is 11.7 Å². The fraction of sp³-hybridized carbons (Fsp3) is 0.600. The summed E-state index contributed by atoms with van der Waals surface area (Å²) in [5.41, 5.74) is -0.0934. The van der Waals surface area contributed by atoms with Crippen molar-refractivity contribution in [2.45, 2.75) is 25.9 Å². The van der Waals surface area contributed by atoms with Gasteiger partial charge in [-0.15, -0.1) is 0 Å². The molecule has 17 heavy (non-hydrogen) atoms. The molecule has 0 aliphatic rings. The van der Waals surface area contributed by atoms with Gasteiger partial charge in [0.1, 0.15) is 0 Å². The van der Waals surface area contributed by atoms with Crippen molar-refractivity contribution in [2.24, 2.45) is 0 Å². The van der Waals surface area contributed by atoms with Crippen molar-refractivity contribution < 1.29 is 18.6 Å². The summed E-state index contributed by atoms with van der Waals surface area (Å²) < 4.78 is 15.7. The van der Waals surface area contributed by atoms with Gasteiger partial charge < -0.3 is 14.9 Å². The zero-order valence-corrected chi connectivity index (χ0v) is 10.6. The Balaban J connectivity index is 2.34. The first-order valence-corrected chi connectivity index (χ1v) is 6.94. The van der Waals surface area contributed by atoms with E-state index in [1.807, 2.05) is 6.92 Å². The van der Waals surface area contributed by atoms with Gasteiger partial charge in [-0.05, 0) is 13.3 Å². The number of carboxylic acids is 1. The van der Waals surface area contributed by atoms with Gasteiger partial charge in [-0.3, -0.25) is 4.21 Å². The molecule has 1 aromatic heterocycles. The van der Waals surface area contributed by atoms with Crippen LogP contribution in [0.5, 0.6) is 0 Å². The summed E-state index contributed by atoms with van der Waals surface area (Å²) in [7, 11) is -0.790. The van der Waals surface area contributed by atoms with Crippen molar-refractivity contribution in [2.75, 3.05) is 12.0 Å². The molecular weight excluding hydrogens is 244 g/mol. The lowest BCUT2D eigenvalue weighted by molar-refractivity contribution is 0.0685. The first kappa shape index (κ1) is 13.9. The van der Waals surface area contributed by atoms with Crippen LogP contribution in [0.4, 0.5) is 0 Å². The minimum absolute atomic E-state index is 0.0934. The Bertz CT molecular complexity index is 405. The lowest BCUT2D eigenvalue weighted by Gasteiger charge is -2.10. The Morgan fingerprint density at radius 1 is 1.71 bits per heavy atom. The monoisotopic (exact) mass is 260 g/mol. The van der Waals surface area contributed by atoms with E-state index in [4.69, 9.17) is 9.63 Å². The van der Waals surface area contributed by atoms with E-state index in [2.05, 4.69) is 10.5 Å². The molecule has 0 aliphatic heterocycles. The number of aromatic nitrogens is 1. The minimum Gasteiger partial charge on any atom is -0.476 e. The molecule has 6 nitrogen and oxygen atoms in total. The van der Waals surface area contributed by atoms with Gasteiger partial charge in [0.2, 0.25) is 0 Å². The zero-order chi connectivity index (χ0) is 12.8. The summed E-state index contributed by atoms with van der Waals surface area (Å²) in [6.07, 6.45) is 2.46. The van der Waals surface area contributed by atoms with E-state index in [1.165, 1.54) is 6.07 Å². The first-order valence-electron chi connectivity index (χ1n) is 5.21. The smallest absolute Gasteiger partial charge is 0.358 e. The molecule has 2 atom stereocenters. The van der Waals surface area contributed by atoms with Gasteiger partial charge in [0.05, 0.1) is 6.54 Å². The molecule has 0 aromatic carbocycles. The van der Waals surface area contributed by atoms with E-state index < -0.39 is 16.8 Å². The highest BCUT2D eigenvalue weighted by atomic mass is 32.2. The molecule has 0 bridgehead atoms. The van der Waals surface area contributed by atoms with Gasteiger partial charge in [-0.1, -0.05) is 5.16 Å². The predicted molar refractivity (Wildman–Crippen MR) is 63.3 cm³/mol. The van der Waals surface area contributed by atoms with E-state index in [9.17, 15) is 9.00 Å². The Labute approximate surface area is 102 Å².